The van der Waals surface area contributed by atoms with Gasteiger partial charge in [-0.1, -0.05) is 30.3 Å². The Morgan fingerprint density at radius 1 is 1.05 bits per heavy atom. The summed E-state index contributed by atoms with van der Waals surface area (Å²) in [5, 5.41) is 10.1. The number of carbonyl (C=O) groups is 1. The van der Waals surface area contributed by atoms with Crippen LogP contribution in [-0.4, -0.2) is 17.0 Å². The lowest BCUT2D eigenvalue weighted by Gasteiger charge is -2.14. The molecule has 2 aromatic rings. The van der Waals surface area contributed by atoms with Gasteiger partial charge in [-0.05, 0) is 37.8 Å². The summed E-state index contributed by atoms with van der Waals surface area (Å²) >= 11 is 0. The number of ether oxygens (including phenoxy) is 1. The molecule has 1 saturated carbocycles. The van der Waals surface area contributed by atoms with Crippen molar-refractivity contribution in [2.75, 3.05) is 0 Å². The zero-order chi connectivity index (χ0) is 14.7. The van der Waals surface area contributed by atoms with E-state index in [1.165, 1.54) is 18.9 Å². The summed E-state index contributed by atoms with van der Waals surface area (Å²) in [4.78, 5) is 12.3. The predicted molar refractivity (Wildman–Crippen MR) is 80.9 cm³/mol. The summed E-state index contributed by atoms with van der Waals surface area (Å²) in [5.41, 5.74) is 0.872. The van der Waals surface area contributed by atoms with Crippen LogP contribution in [0.15, 0.2) is 48.5 Å². The summed E-state index contributed by atoms with van der Waals surface area (Å²) in [6, 6.07) is 13.9. The molecule has 0 amide bonds. The van der Waals surface area contributed by atoms with Crippen molar-refractivity contribution in [3.05, 3.63) is 59.7 Å². The van der Waals surface area contributed by atoms with E-state index in [0.29, 0.717) is 16.9 Å². The van der Waals surface area contributed by atoms with E-state index in [1.807, 2.05) is 18.2 Å². The normalized spacial score (nSPS) is 15.0. The lowest BCUT2D eigenvalue weighted by molar-refractivity contribution is 0.103. The van der Waals surface area contributed by atoms with Crippen LogP contribution < -0.4 is 4.74 Å². The van der Waals surface area contributed by atoms with Crippen molar-refractivity contribution in [2.45, 2.75) is 31.8 Å². The van der Waals surface area contributed by atoms with Gasteiger partial charge in [0.2, 0.25) is 0 Å². The van der Waals surface area contributed by atoms with Crippen LogP contribution in [0.3, 0.4) is 0 Å². The highest BCUT2D eigenvalue weighted by atomic mass is 16.5. The summed E-state index contributed by atoms with van der Waals surface area (Å²) in [7, 11) is 0. The standard InChI is InChI=1S/C18H18O3/c19-17-12-15(21-14-8-4-5-9-14)10-11-16(17)18(20)13-6-2-1-3-7-13/h1-3,6-7,10-12,14,19H,4-5,8-9H2. The Labute approximate surface area is 124 Å². The molecule has 3 rings (SSSR count). The minimum Gasteiger partial charge on any atom is -0.507 e. The molecule has 3 nitrogen and oxygen atoms in total. The van der Waals surface area contributed by atoms with E-state index in [-0.39, 0.29) is 17.6 Å². The maximum absolute atomic E-state index is 12.3. The molecule has 0 bridgehead atoms. The first-order valence-corrected chi connectivity index (χ1v) is 7.33. The highest BCUT2D eigenvalue weighted by Crippen LogP contribution is 2.29. The Bertz CT molecular complexity index is 628. The van der Waals surface area contributed by atoms with E-state index in [1.54, 1.807) is 24.3 Å². The third kappa shape index (κ3) is 3.07. The van der Waals surface area contributed by atoms with Crippen LogP contribution in [0.2, 0.25) is 0 Å². The van der Waals surface area contributed by atoms with Crippen LogP contribution in [0.25, 0.3) is 0 Å². The van der Waals surface area contributed by atoms with Crippen LogP contribution in [0.4, 0.5) is 0 Å². The van der Waals surface area contributed by atoms with E-state index in [9.17, 15) is 9.90 Å². The summed E-state index contributed by atoms with van der Waals surface area (Å²) in [6.07, 6.45) is 4.75. The van der Waals surface area contributed by atoms with Crippen molar-refractivity contribution in [3.8, 4) is 11.5 Å². The highest BCUT2D eigenvalue weighted by Gasteiger charge is 2.18. The Balaban J connectivity index is 1.79. The van der Waals surface area contributed by atoms with E-state index in [4.69, 9.17) is 4.74 Å². The molecule has 0 atom stereocenters. The number of rotatable bonds is 4. The third-order valence-corrected chi connectivity index (χ3v) is 3.85. The van der Waals surface area contributed by atoms with Gasteiger partial charge in [0.05, 0.1) is 11.7 Å². The van der Waals surface area contributed by atoms with Crippen molar-refractivity contribution in [1.82, 2.24) is 0 Å². The van der Waals surface area contributed by atoms with Gasteiger partial charge in [0.1, 0.15) is 11.5 Å². The first-order chi connectivity index (χ1) is 10.2. The largest absolute Gasteiger partial charge is 0.507 e. The molecule has 0 unspecified atom stereocenters. The number of benzene rings is 2. The molecule has 1 aliphatic rings. The summed E-state index contributed by atoms with van der Waals surface area (Å²) in [5.74, 6) is 0.420. The van der Waals surface area contributed by atoms with Crippen LogP contribution >= 0.6 is 0 Å². The highest BCUT2D eigenvalue weighted by molar-refractivity contribution is 6.10. The Hall–Kier alpha value is -2.29. The SMILES string of the molecule is O=C(c1ccccc1)c1ccc(OC2CCCC2)cc1O. The van der Waals surface area contributed by atoms with Crippen molar-refractivity contribution in [1.29, 1.82) is 0 Å². The lowest BCUT2D eigenvalue weighted by atomic mass is 10.0. The average molecular weight is 282 g/mol. The molecule has 0 aliphatic heterocycles. The fraction of sp³-hybridized carbons (Fsp3) is 0.278. The smallest absolute Gasteiger partial charge is 0.196 e. The van der Waals surface area contributed by atoms with Gasteiger partial charge in [-0.3, -0.25) is 4.79 Å². The fourth-order valence-corrected chi connectivity index (χ4v) is 2.72. The summed E-state index contributed by atoms with van der Waals surface area (Å²) in [6.45, 7) is 0. The van der Waals surface area contributed by atoms with Crippen molar-refractivity contribution < 1.29 is 14.6 Å². The zero-order valence-electron chi connectivity index (χ0n) is 11.8. The van der Waals surface area contributed by atoms with E-state index in [2.05, 4.69) is 0 Å². The molecule has 2 aromatic carbocycles. The van der Waals surface area contributed by atoms with Gasteiger partial charge < -0.3 is 9.84 Å². The second kappa shape index (κ2) is 6.00. The molecule has 3 heteroatoms. The second-order valence-electron chi connectivity index (χ2n) is 5.40. The van der Waals surface area contributed by atoms with Gasteiger partial charge in [-0.15, -0.1) is 0 Å². The molecule has 108 valence electrons. The summed E-state index contributed by atoms with van der Waals surface area (Å²) < 4.78 is 5.83. The fourth-order valence-electron chi connectivity index (χ4n) is 2.72. The average Bonchev–Trinajstić information content (AvgIpc) is 3.01. The van der Waals surface area contributed by atoms with Crippen molar-refractivity contribution >= 4 is 5.78 Å². The van der Waals surface area contributed by atoms with E-state index < -0.39 is 0 Å². The number of carbonyl (C=O) groups excluding carboxylic acids is 1. The zero-order valence-corrected chi connectivity index (χ0v) is 11.8. The molecular formula is C18H18O3. The van der Waals surface area contributed by atoms with Gasteiger partial charge in [0.15, 0.2) is 5.78 Å². The minimum absolute atomic E-state index is 0.0284. The monoisotopic (exact) mass is 282 g/mol. The first kappa shape index (κ1) is 13.7. The third-order valence-electron chi connectivity index (χ3n) is 3.85. The number of phenolic OH excluding ortho intramolecular Hbond substituents is 1. The number of aromatic hydroxyl groups is 1. The molecule has 21 heavy (non-hydrogen) atoms. The maximum Gasteiger partial charge on any atom is 0.196 e. The van der Waals surface area contributed by atoms with Gasteiger partial charge in [-0.25, -0.2) is 0 Å². The van der Waals surface area contributed by atoms with Gasteiger partial charge in [-0.2, -0.15) is 0 Å². The molecular weight excluding hydrogens is 264 g/mol. The first-order valence-electron chi connectivity index (χ1n) is 7.33. The molecule has 0 spiro atoms. The van der Waals surface area contributed by atoms with Crippen molar-refractivity contribution in [2.24, 2.45) is 0 Å². The maximum atomic E-state index is 12.3. The number of hydrogen-bond donors (Lipinski definition) is 1. The van der Waals surface area contributed by atoms with E-state index >= 15 is 0 Å². The van der Waals surface area contributed by atoms with Crippen LogP contribution in [0, 0.1) is 0 Å². The minimum atomic E-state index is -0.180. The van der Waals surface area contributed by atoms with Gasteiger partial charge in [0.25, 0.3) is 0 Å². The van der Waals surface area contributed by atoms with Crippen LogP contribution in [0.1, 0.15) is 41.6 Å². The molecule has 0 aromatic heterocycles. The Morgan fingerprint density at radius 2 is 1.76 bits per heavy atom. The van der Waals surface area contributed by atoms with Gasteiger partial charge in [0, 0.05) is 11.6 Å². The molecule has 1 fully saturated rings. The number of ketones is 1. The molecule has 1 aliphatic carbocycles. The number of hydrogen-bond acceptors (Lipinski definition) is 3. The predicted octanol–water partition coefficient (Wildman–Crippen LogP) is 3.94. The van der Waals surface area contributed by atoms with Gasteiger partial charge >= 0.3 is 0 Å². The number of phenols is 1. The quantitative estimate of drug-likeness (QED) is 0.864. The van der Waals surface area contributed by atoms with Crippen molar-refractivity contribution in [3.63, 3.8) is 0 Å². The molecule has 1 N–H and O–H groups in total. The van der Waals surface area contributed by atoms with E-state index in [0.717, 1.165) is 12.8 Å². The second-order valence-corrected chi connectivity index (χ2v) is 5.40. The van der Waals surface area contributed by atoms with Crippen LogP contribution in [0.5, 0.6) is 11.5 Å². The molecule has 0 saturated heterocycles. The molecule has 0 radical (unpaired) electrons. The molecule has 0 heterocycles. The topological polar surface area (TPSA) is 46.5 Å². The lowest BCUT2D eigenvalue weighted by Crippen LogP contribution is -2.11. The Morgan fingerprint density at radius 3 is 2.43 bits per heavy atom. The Kier molecular flexibility index (Phi) is 3.91. The van der Waals surface area contributed by atoms with Crippen LogP contribution in [-0.2, 0) is 0 Å².